The third kappa shape index (κ3) is 4.20. The zero-order valence-corrected chi connectivity index (χ0v) is 19.2. The van der Waals surface area contributed by atoms with Crippen molar-refractivity contribution in [3.8, 4) is 11.1 Å². The minimum Gasteiger partial charge on any atom is -0.381 e. The molecular weight excluding hydrogens is 462 g/mol. The van der Waals surface area contributed by atoms with Gasteiger partial charge in [0.1, 0.15) is 5.82 Å². The van der Waals surface area contributed by atoms with Crippen LogP contribution in [0.25, 0.3) is 27.7 Å². The van der Waals surface area contributed by atoms with E-state index in [1.54, 1.807) is 29.1 Å². The lowest BCUT2D eigenvalue weighted by Crippen LogP contribution is -2.39. The summed E-state index contributed by atoms with van der Waals surface area (Å²) in [6, 6.07) is 15.5. The van der Waals surface area contributed by atoms with Gasteiger partial charge in [-0.1, -0.05) is 18.2 Å². The third-order valence-electron chi connectivity index (χ3n) is 6.50. The number of benzene rings is 2. The average Bonchev–Trinajstić information content (AvgIpc) is 3.26. The van der Waals surface area contributed by atoms with Gasteiger partial charge in [0.2, 0.25) is 0 Å². The van der Waals surface area contributed by atoms with Gasteiger partial charge in [0.05, 0.1) is 24.3 Å². The van der Waals surface area contributed by atoms with Crippen LogP contribution in [-0.2, 0) is 11.2 Å². The molecule has 0 unspecified atom stereocenters. The van der Waals surface area contributed by atoms with Gasteiger partial charge in [-0.25, -0.2) is 13.8 Å². The number of aromatic nitrogens is 3. The fourth-order valence-corrected chi connectivity index (χ4v) is 4.44. The molecule has 1 aliphatic rings. The Kier molecular flexibility index (Phi) is 5.65. The van der Waals surface area contributed by atoms with Gasteiger partial charge >= 0.3 is 0 Å². The maximum atomic E-state index is 15.0. The van der Waals surface area contributed by atoms with Crippen molar-refractivity contribution in [3.63, 3.8) is 0 Å². The van der Waals surface area contributed by atoms with E-state index in [9.17, 15) is 13.6 Å². The van der Waals surface area contributed by atoms with Crippen LogP contribution in [0.2, 0.25) is 0 Å². The predicted octanol–water partition coefficient (Wildman–Crippen LogP) is 4.79. The Labute approximate surface area is 205 Å². The van der Waals surface area contributed by atoms with Crippen molar-refractivity contribution in [1.82, 2.24) is 19.7 Å². The minimum absolute atomic E-state index is 0.0466. The highest BCUT2D eigenvalue weighted by Gasteiger charge is 2.21. The van der Waals surface area contributed by atoms with E-state index in [0.717, 1.165) is 22.2 Å². The number of carbonyl (C=O) groups is 1. The maximum Gasteiger partial charge on any atom is 0.254 e. The highest BCUT2D eigenvalue weighted by atomic mass is 19.1. The van der Waals surface area contributed by atoms with Crippen LogP contribution < -0.4 is 5.32 Å². The molecule has 1 fully saturated rings. The number of ether oxygens (including phenoxy) is 1. The molecule has 6 rings (SSSR count). The number of rotatable bonds is 6. The number of hydrogen-bond acceptors (Lipinski definition) is 4. The van der Waals surface area contributed by atoms with E-state index in [-0.39, 0.29) is 17.1 Å². The average molecular weight is 485 g/mol. The Balaban J connectivity index is 1.29. The van der Waals surface area contributed by atoms with Gasteiger partial charge in [0, 0.05) is 54.1 Å². The van der Waals surface area contributed by atoms with Crippen molar-refractivity contribution in [2.45, 2.75) is 6.42 Å². The Morgan fingerprint density at radius 1 is 1.03 bits per heavy atom. The normalized spacial score (nSPS) is 13.7. The summed E-state index contributed by atoms with van der Waals surface area (Å²) in [5.41, 5.74) is 3.85. The first-order valence-corrected chi connectivity index (χ1v) is 11.7. The van der Waals surface area contributed by atoms with Gasteiger partial charge in [0.25, 0.3) is 5.91 Å². The van der Waals surface area contributed by atoms with Crippen molar-refractivity contribution in [2.24, 2.45) is 5.92 Å². The molecular formula is C28H22F2N4O2. The molecule has 1 N–H and O–H groups in total. The molecule has 1 saturated heterocycles. The van der Waals surface area contributed by atoms with Gasteiger partial charge < -0.3 is 14.5 Å². The molecule has 6 nitrogen and oxygen atoms in total. The van der Waals surface area contributed by atoms with Crippen LogP contribution >= 0.6 is 0 Å². The molecule has 0 spiro atoms. The summed E-state index contributed by atoms with van der Waals surface area (Å²) in [5, 5.41) is 3.76. The number of amides is 1. The number of nitrogens with zero attached hydrogens (tertiary/aromatic N) is 3. The number of carbonyl (C=O) groups excluding carboxylic acids is 1. The fourth-order valence-electron chi connectivity index (χ4n) is 4.44. The number of hydrogen-bond donors (Lipinski definition) is 1. The van der Waals surface area contributed by atoms with Crippen molar-refractivity contribution in [1.29, 1.82) is 0 Å². The molecule has 5 aromatic rings. The maximum absolute atomic E-state index is 15.0. The van der Waals surface area contributed by atoms with E-state index in [2.05, 4.69) is 21.4 Å². The smallest absolute Gasteiger partial charge is 0.254 e. The van der Waals surface area contributed by atoms with Gasteiger partial charge in [-0.15, -0.1) is 0 Å². The standard InChI is InChI=1S/C28H22F2N4O2/c29-24-10-19(4-5-23(24)28(35)33-12-18-15-36-16-18)21-11-25(30)27-32-13-22(34(27)14-21)9-17-3-6-26-20(8-17)2-1-7-31-26/h1-8,10-11,13-14,18H,9,12,15-16H2,(H,33,35). The summed E-state index contributed by atoms with van der Waals surface area (Å²) in [6.45, 7) is 1.65. The molecule has 0 bridgehead atoms. The molecule has 1 amide bonds. The summed E-state index contributed by atoms with van der Waals surface area (Å²) in [7, 11) is 0. The Morgan fingerprint density at radius 3 is 2.69 bits per heavy atom. The number of pyridine rings is 2. The van der Waals surface area contributed by atoms with E-state index < -0.39 is 17.5 Å². The summed E-state index contributed by atoms with van der Waals surface area (Å²) in [6.07, 6.45) is 5.68. The van der Waals surface area contributed by atoms with E-state index in [0.29, 0.717) is 37.3 Å². The first kappa shape index (κ1) is 22.3. The van der Waals surface area contributed by atoms with Crippen LogP contribution in [0.4, 0.5) is 8.78 Å². The number of fused-ring (bicyclic) bond motifs is 2. The lowest BCUT2D eigenvalue weighted by Gasteiger charge is -2.25. The molecule has 4 heterocycles. The number of nitrogens with one attached hydrogen (secondary N) is 1. The monoisotopic (exact) mass is 484 g/mol. The largest absolute Gasteiger partial charge is 0.381 e. The summed E-state index contributed by atoms with van der Waals surface area (Å²) >= 11 is 0. The van der Waals surface area contributed by atoms with Crippen molar-refractivity contribution < 1.29 is 18.3 Å². The van der Waals surface area contributed by atoms with Crippen molar-refractivity contribution >= 4 is 22.5 Å². The van der Waals surface area contributed by atoms with Gasteiger partial charge in [-0.2, -0.15) is 0 Å². The van der Waals surface area contributed by atoms with Gasteiger partial charge in [-0.3, -0.25) is 9.78 Å². The summed E-state index contributed by atoms with van der Waals surface area (Å²) in [4.78, 5) is 21.0. The predicted molar refractivity (Wildman–Crippen MR) is 132 cm³/mol. The second-order valence-corrected chi connectivity index (χ2v) is 9.04. The zero-order chi connectivity index (χ0) is 24.6. The van der Waals surface area contributed by atoms with E-state index in [4.69, 9.17) is 4.74 Å². The summed E-state index contributed by atoms with van der Waals surface area (Å²) < 4.78 is 36.6. The van der Waals surface area contributed by atoms with Crippen LogP contribution in [-0.4, -0.2) is 40.0 Å². The highest BCUT2D eigenvalue weighted by Crippen LogP contribution is 2.26. The molecule has 0 aliphatic carbocycles. The van der Waals surface area contributed by atoms with E-state index >= 15 is 0 Å². The molecule has 3 aromatic heterocycles. The van der Waals surface area contributed by atoms with Crippen LogP contribution in [0.1, 0.15) is 21.6 Å². The van der Waals surface area contributed by atoms with Crippen molar-refractivity contribution in [3.05, 3.63) is 102 Å². The zero-order valence-electron chi connectivity index (χ0n) is 19.2. The summed E-state index contributed by atoms with van der Waals surface area (Å²) in [5.74, 6) is -1.38. The molecule has 0 saturated carbocycles. The second-order valence-electron chi connectivity index (χ2n) is 9.04. The van der Waals surface area contributed by atoms with E-state index in [1.165, 1.54) is 18.2 Å². The highest BCUT2D eigenvalue weighted by molar-refractivity contribution is 5.95. The van der Waals surface area contributed by atoms with Crippen LogP contribution in [0.3, 0.4) is 0 Å². The molecule has 2 aromatic carbocycles. The van der Waals surface area contributed by atoms with Crippen LogP contribution in [0, 0.1) is 17.6 Å². The first-order chi connectivity index (χ1) is 17.5. The minimum atomic E-state index is -0.661. The fraction of sp³-hybridized carbons (Fsp3) is 0.179. The molecule has 1 aliphatic heterocycles. The van der Waals surface area contributed by atoms with E-state index in [1.807, 2.05) is 24.3 Å². The topological polar surface area (TPSA) is 68.5 Å². The second kappa shape index (κ2) is 9.13. The number of halogens is 2. The molecule has 8 heteroatoms. The third-order valence-corrected chi connectivity index (χ3v) is 6.50. The Bertz CT molecular complexity index is 1610. The molecule has 0 atom stereocenters. The molecule has 0 radical (unpaired) electrons. The molecule has 36 heavy (non-hydrogen) atoms. The number of imidazole rings is 1. The lowest BCUT2D eigenvalue weighted by atomic mass is 10.0. The quantitative estimate of drug-likeness (QED) is 0.376. The first-order valence-electron chi connectivity index (χ1n) is 11.7. The van der Waals surface area contributed by atoms with Crippen LogP contribution in [0.5, 0.6) is 0 Å². The van der Waals surface area contributed by atoms with Gasteiger partial charge in [-0.05, 0) is 47.5 Å². The molecule has 180 valence electrons. The van der Waals surface area contributed by atoms with Crippen molar-refractivity contribution in [2.75, 3.05) is 19.8 Å². The lowest BCUT2D eigenvalue weighted by molar-refractivity contribution is -0.0298. The van der Waals surface area contributed by atoms with Gasteiger partial charge in [0.15, 0.2) is 11.5 Å². The van der Waals surface area contributed by atoms with Crippen LogP contribution in [0.15, 0.2) is 73.2 Å². The Morgan fingerprint density at radius 2 is 1.89 bits per heavy atom. The Hall–Kier alpha value is -4.17. The SMILES string of the molecule is O=C(NCC1COC1)c1ccc(-c2cc(F)c3ncc(Cc4ccc5ncccc5c4)n3c2)cc1F.